The number of aromatic amines is 1. The van der Waals surface area contributed by atoms with Gasteiger partial charge in [0.2, 0.25) is 0 Å². The van der Waals surface area contributed by atoms with Crippen LogP contribution in [0.2, 0.25) is 0 Å². The summed E-state index contributed by atoms with van der Waals surface area (Å²) in [6, 6.07) is 0. The summed E-state index contributed by atoms with van der Waals surface area (Å²) in [5.74, 6) is -0.886. The fourth-order valence-corrected chi connectivity index (χ4v) is 2.33. The molecule has 0 bridgehead atoms. The predicted octanol–water partition coefficient (Wildman–Crippen LogP) is 1.39. The Kier molecular flexibility index (Phi) is 3.16. The van der Waals surface area contributed by atoms with Crippen molar-refractivity contribution in [1.82, 2.24) is 9.55 Å². The van der Waals surface area contributed by atoms with E-state index in [0.717, 1.165) is 17.7 Å². The zero-order valence-electron chi connectivity index (χ0n) is 11.6. The van der Waals surface area contributed by atoms with Gasteiger partial charge in [0.05, 0.1) is 9.30 Å². The number of rotatable bonds is 2. The number of halogens is 2. The van der Waals surface area contributed by atoms with E-state index in [0.29, 0.717) is 0 Å². The quantitative estimate of drug-likeness (QED) is 0.720. The Morgan fingerprint density at radius 3 is 2.84 bits per heavy atom. The standard InChI is InChI=1S/C10H12F2N2O3S2/c1-10(12)6(16)5(3-15)17-8(10)14-2-4(11)7(18)13-9(14)19/h2,5-6,8,15-16H,3H2,1H3,(H,13,18,19)/t5-,6+,8-,10?/m1/s1/i3D2. The van der Waals surface area contributed by atoms with Crippen LogP contribution >= 0.6 is 24.4 Å². The summed E-state index contributed by atoms with van der Waals surface area (Å²) in [5.41, 5.74) is -2.51. The largest absolute Gasteiger partial charge is 0.394 e. The normalized spacial score (nSPS) is 37.0. The lowest BCUT2D eigenvalue weighted by Gasteiger charge is -2.25. The SMILES string of the molecule is [2H]C([2H])(O)[C@H]1O[C@@H](n2cc(F)c(=S)[nH]c2=S)C(C)(F)[C@H]1O. The number of alkyl halides is 1. The summed E-state index contributed by atoms with van der Waals surface area (Å²) in [4.78, 5) is 2.32. The molecule has 9 heteroatoms. The number of hydrogen-bond donors (Lipinski definition) is 3. The molecule has 1 aromatic rings. The van der Waals surface area contributed by atoms with Crippen molar-refractivity contribution in [3.05, 3.63) is 21.4 Å². The fraction of sp³-hybridized carbons (Fsp3) is 0.600. The number of nitrogens with zero attached hydrogens (tertiary/aromatic N) is 1. The van der Waals surface area contributed by atoms with Gasteiger partial charge in [-0.05, 0) is 19.1 Å². The van der Waals surface area contributed by atoms with Gasteiger partial charge in [0.15, 0.2) is 22.5 Å². The number of aromatic nitrogens is 2. The summed E-state index contributed by atoms with van der Waals surface area (Å²) in [6.45, 7) is -2.04. The van der Waals surface area contributed by atoms with Crippen LogP contribution in [-0.2, 0) is 4.74 Å². The van der Waals surface area contributed by atoms with Gasteiger partial charge in [-0.15, -0.1) is 0 Å². The molecule has 1 fully saturated rings. The molecule has 1 unspecified atom stereocenters. The lowest BCUT2D eigenvalue weighted by atomic mass is 9.98. The van der Waals surface area contributed by atoms with Gasteiger partial charge in [-0.2, -0.15) is 0 Å². The van der Waals surface area contributed by atoms with Crippen molar-refractivity contribution in [2.45, 2.75) is 31.0 Å². The molecule has 0 amide bonds. The third-order valence-corrected chi connectivity index (χ3v) is 3.54. The molecule has 2 heterocycles. The first-order valence-electron chi connectivity index (χ1n) is 6.22. The van der Waals surface area contributed by atoms with E-state index in [1.165, 1.54) is 0 Å². The highest BCUT2D eigenvalue weighted by atomic mass is 32.1. The zero-order valence-corrected chi connectivity index (χ0v) is 11.3. The maximum Gasteiger partial charge on any atom is 0.181 e. The van der Waals surface area contributed by atoms with Crippen molar-refractivity contribution < 1.29 is 26.5 Å². The summed E-state index contributed by atoms with van der Waals surface area (Å²) in [5, 5.41) is 19.1. The molecule has 3 N–H and O–H groups in total. The number of H-pyrrole nitrogens is 1. The topological polar surface area (TPSA) is 70.4 Å². The van der Waals surface area contributed by atoms with E-state index >= 15 is 0 Å². The van der Waals surface area contributed by atoms with E-state index in [1.54, 1.807) is 0 Å². The first kappa shape index (κ1) is 12.0. The average Bonchev–Trinajstić information content (AvgIpc) is 2.56. The third kappa shape index (κ3) is 2.36. The van der Waals surface area contributed by atoms with Gasteiger partial charge >= 0.3 is 0 Å². The highest BCUT2D eigenvalue weighted by molar-refractivity contribution is 7.72. The molecule has 5 nitrogen and oxygen atoms in total. The van der Waals surface area contributed by atoms with Crippen molar-refractivity contribution in [3.8, 4) is 0 Å². The van der Waals surface area contributed by atoms with E-state index in [4.69, 9.17) is 19.7 Å². The van der Waals surface area contributed by atoms with Crippen molar-refractivity contribution in [2.75, 3.05) is 6.56 Å². The number of ether oxygens (including phenoxy) is 1. The monoisotopic (exact) mass is 312 g/mol. The minimum absolute atomic E-state index is 0.165. The molecule has 0 radical (unpaired) electrons. The Bertz CT molecular complexity index is 673. The van der Waals surface area contributed by atoms with Gasteiger partial charge in [-0.3, -0.25) is 4.57 Å². The first-order chi connectivity index (χ1) is 9.46. The van der Waals surface area contributed by atoms with E-state index in [1.807, 2.05) is 0 Å². The van der Waals surface area contributed by atoms with Gasteiger partial charge in [-0.1, -0.05) is 12.2 Å². The van der Waals surface area contributed by atoms with Crippen molar-refractivity contribution >= 4 is 24.4 Å². The minimum Gasteiger partial charge on any atom is -0.394 e. The van der Waals surface area contributed by atoms with Gasteiger partial charge in [0.25, 0.3) is 0 Å². The molecular formula is C10H12F2N2O3S2. The summed E-state index contributed by atoms with van der Waals surface area (Å²) in [7, 11) is 0. The van der Waals surface area contributed by atoms with Crippen LogP contribution in [0.3, 0.4) is 0 Å². The fourth-order valence-electron chi connectivity index (χ4n) is 1.86. The van der Waals surface area contributed by atoms with Gasteiger partial charge < -0.3 is 19.9 Å². The van der Waals surface area contributed by atoms with E-state index < -0.39 is 36.5 Å². The Hall–Kier alpha value is -0.740. The molecule has 0 aliphatic carbocycles. The zero-order chi connectivity index (χ0) is 16.2. The molecule has 0 spiro atoms. The maximum atomic E-state index is 14.7. The number of hydrogen-bond acceptors (Lipinski definition) is 5. The summed E-state index contributed by atoms with van der Waals surface area (Å²) >= 11 is 9.54. The molecule has 1 aliphatic heterocycles. The number of nitrogens with one attached hydrogen (secondary N) is 1. The molecule has 19 heavy (non-hydrogen) atoms. The second-order valence-electron chi connectivity index (χ2n) is 4.28. The Labute approximate surface area is 120 Å². The third-order valence-electron chi connectivity index (χ3n) is 2.93. The van der Waals surface area contributed by atoms with Crippen molar-refractivity contribution in [1.29, 1.82) is 0 Å². The molecule has 0 aromatic carbocycles. The second kappa shape index (κ2) is 4.98. The highest BCUT2D eigenvalue weighted by Crippen LogP contribution is 2.41. The molecular weight excluding hydrogens is 298 g/mol. The molecule has 1 aliphatic rings. The van der Waals surface area contributed by atoms with Crippen molar-refractivity contribution in [3.63, 3.8) is 0 Å². The van der Waals surface area contributed by atoms with Crippen molar-refractivity contribution in [2.24, 2.45) is 0 Å². The Morgan fingerprint density at radius 2 is 2.32 bits per heavy atom. The van der Waals surface area contributed by atoms with Gasteiger partial charge in [0, 0.05) is 6.20 Å². The van der Waals surface area contributed by atoms with Crippen LogP contribution in [-0.4, -0.2) is 44.2 Å². The van der Waals surface area contributed by atoms with E-state index in [9.17, 15) is 19.0 Å². The molecule has 1 aromatic heterocycles. The highest BCUT2D eigenvalue weighted by Gasteiger charge is 2.54. The molecule has 1 saturated heterocycles. The smallest absolute Gasteiger partial charge is 0.181 e. The first-order valence-corrected chi connectivity index (χ1v) is 6.03. The van der Waals surface area contributed by atoms with Crippen LogP contribution in [0.25, 0.3) is 0 Å². The van der Waals surface area contributed by atoms with Crippen LogP contribution in [0, 0.1) is 15.2 Å². The average molecular weight is 312 g/mol. The number of aliphatic hydroxyl groups excluding tert-OH is 1. The van der Waals surface area contributed by atoms with Gasteiger partial charge in [-0.25, -0.2) is 8.78 Å². The molecule has 106 valence electrons. The van der Waals surface area contributed by atoms with E-state index in [-0.39, 0.29) is 9.41 Å². The molecule has 2 rings (SSSR count). The Balaban J connectivity index is 2.53. The van der Waals surface area contributed by atoms with Gasteiger partial charge in [0.1, 0.15) is 16.8 Å². The minimum atomic E-state index is -2.98. The maximum absolute atomic E-state index is 14.7. The summed E-state index contributed by atoms with van der Waals surface area (Å²) < 4.78 is 47.9. The molecule has 4 atom stereocenters. The van der Waals surface area contributed by atoms with E-state index in [2.05, 4.69) is 17.2 Å². The molecule has 0 saturated carbocycles. The van der Waals surface area contributed by atoms with Crippen LogP contribution in [0.15, 0.2) is 6.20 Å². The summed E-state index contributed by atoms with van der Waals surface area (Å²) in [6.07, 6.45) is -4.67. The van der Waals surface area contributed by atoms with Crippen LogP contribution in [0.5, 0.6) is 0 Å². The number of aliphatic hydroxyl groups is 2. The van der Waals surface area contributed by atoms with Crippen LogP contribution in [0.4, 0.5) is 8.78 Å². The van der Waals surface area contributed by atoms with Crippen LogP contribution in [0.1, 0.15) is 15.9 Å². The predicted molar refractivity (Wildman–Crippen MR) is 66.9 cm³/mol. The lowest BCUT2D eigenvalue weighted by molar-refractivity contribution is -0.0605. The lowest BCUT2D eigenvalue weighted by Crippen LogP contribution is -2.40. The Morgan fingerprint density at radius 1 is 1.68 bits per heavy atom. The second-order valence-corrected chi connectivity index (χ2v) is 5.07. The van der Waals surface area contributed by atoms with Crippen LogP contribution < -0.4 is 0 Å².